The van der Waals surface area contributed by atoms with Gasteiger partial charge in [-0.2, -0.15) is 6.42 Å². The molecule has 0 saturated heterocycles. The first-order valence-corrected chi connectivity index (χ1v) is 11.9. The van der Waals surface area contributed by atoms with Crippen LogP contribution in [0.15, 0.2) is 5.57 Å². The third kappa shape index (κ3) is 9.39. The molecule has 0 nitrogen and oxygen atoms in total. The van der Waals surface area contributed by atoms with Crippen LogP contribution in [0, 0.1) is 128 Å². The average Bonchev–Trinajstić information content (AvgIpc) is 3.72. The normalized spacial score (nSPS) is 14.6. The summed E-state index contributed by atoms with van der Waals surface area (Å²) in [7, 11) is 0. The van der Waals surface area contributed by atoms with E-state index in [-0.39, 0.29) is 40.8 Å². The van der Waals surface area contributed by atoms with Crippen molar-refractivity contribution in [3.05, 3.63) is 134 Å². The summed E-state index contributed by atoms with van der Waals surface area (Å²) in [6, 6.07) is 0. The molecule has 11 radical (unpaired) electrons. The molecule has 2 saturated carbocycles. The molecule has 2 aliphatic rings. The zero-order chi connectivity index (χ0) is 30.0. The van der Waals surface area contributed by atoms with E-state index >= 15 is 0 Å². The van der Waals surface area contributed by atoms with Gasteiger partial charge >= 0.3 is 0 Å². The number of hydrogen-bond donors (Lipinski definition) is 0. The monoisotopic (exact) mass is 752 g/mol. The van der Waals surface area contributed by atoms with Gasteiger partial charge in [0, 0.05) is 33.3 Å². The molecule has 2 aliphatic carbocycles. The van der Waals surface area contributed by atoms with E-state index in [1.165, 1.54) is 6.92 Å². The first-order chi connectivity index (χ1) is 19.0. The molecular weight excluding hydrogens is 730 g/mol. The Kier molecular flexibility index (Phi) is 16.4. The maximum Gasteiger partial charge on any atom is 0.226 e. The van der Waals surface area contributed by atoms with Crippen molar-refractivity contribution >= 4 is 17.6 Å². The quantitative estimate of drug-likeness (QED) is 0.0958. The van der Waals surface area contributed by atoms with Crippen LogP contribution in [-0.4, -0.2) is 6.71 Å². The minimum atomic E-state index is -2.53. The van der Waals surface area contributed by atoms with Gasteiger partial charge in [0.05, 0.1) is 0 Å². The van der Waals surface area contributed by atoms with E-state index in [0.29, 0.717) is 0 Å². The van der Waals surface area contributed by atoms with E-state index in [4.69, 9.17) is 0 Å². The minimum absolute atomic E-state index is 0. The van der Waals surface area contributed by atoms with Gasteiger partial charge in [0.1, 0.15) is 0 Å². The van der Waals surface area contributed by atoms with E-state index in [2.05, 4.69) is 6.08 Å². The summed E-state index contributed by atoms with van der Waals surface area (Å²) in [6.07, 6.45) is 22.1. The molecule has 0 amide bonds. The van der Waals surface area contributed by atoms with Crippen molar-refractivity contribution in [3.63, 3.8) is 0 Å². The van der Waals surface area contributed by atoms with Gasteiger partial charge in [-0.3, -0.25) is 5.57 Å². The van der Waals surface area contributed by atoms with E-state index in [1.54, 1.807) is 6.92 Å². The Bertz CT molecular complexity index is 1020. The summed E-state index contributed by atoms with van der Waals surface area (Å²) >= 11 is 0. The van der Waals surface area contributed by atoms with Crippen molar-refractivity contribution in [2.24, 2.45) is 0 Å². The second-order valence-corrected chi connectivity index (χ2v) is 8.14. The zero-order valence-electron chi connectivity index (χ0n) is 21.7. The molecule has 41 heavy (non-hydrogen) atoms. The van der Waals surface area contributed by atoms with Crippen molar-refractivity contribution in [1.82, 2.24) is 0 Å². The molecule has 2 fully saturated rings. The molecule has 2 aromatic carbocycles. The second-order valence-electron chi connectivity index (χ2n) is 8.14. The van der Waals surface area contributed by atoms with E-state index in [9.17, 15) is 43.9 Å². The Morgan fingerprint density at radius 1 is 0.488 bits per heavy atom. The number of benzene rings is 2. The first-order valence-electron chi connectivity index (χ1n) is 11.9. The van der Waals surface area contributed by atoms with Crippen LogP contribution < -0.4 is 10.9 Å². The SMILES string of the molecule is CC[C-]=C(CC)CB(c1c(F)c(F)c(F)c(F)c1F)c1c(F)c(F)c(F)c(F)c1F.[CH]1[CH][CH][CH][CH]1.[CH]1[CH][CH][CH][CH]1.[Ta]. The molecule has 217 valence electrons. The Labute approximate surface area is 250 Å². The Morgan fingerprint density at radius 3 is 0.951 bits per heavy atom. The number of rotatable bonds is 6. The predicted octanol–water partition coefficient (Wildman–Crippen LogP) is 7.28. The van der Waals surface area contributed by atoms with Crippen LogP contribution in [0.25, 0.3) is 0 Å². The van der Waals surface area contributed by atoms with Crippen molar-refractivity contribution in [2.75, 3.05) is 0 Å². The Balaban J connectivity index is 0.000000635. The summed E-state index contributed by atoms with van der Waals surface area (Å²) < 4.78 is 139. The summed E-state index contributed by atoms with van der Waals surface area (Å²) in [5.74, 6) is -24.5. The zero-order valence-corrected chi connectivity index (χ0v) is 24.9. The second kappa shape index (κ2) is 18.1. The third-order valence-corrected chi connectivity index (χ3v) is 5.60. The molecule has 0 spiro atoms. The van der Waals surface area contributed by atoms with Gasteiger partial charge < -0.3 is 6.08 Å². The van der Waals surface area contributed by atoms with Crippen LogP contribution >= 0.6 is 0 Å². The van der Waals surface area contributed by atoms with Crippen molar-refractivity contribution in [2.45, 2.75) is 33.0 Å². The van der Waals surface area contributed by atoms with Gasteiger partial charge in [-0.1, -0.05) is 26.6 Å². The van der Waals surface area contributed by atoms with Gasteiger partial charge in [-0.05, 0) is 64.2 Å². The van der Waals surface area contributed by atoms with Gasteiger partial charge in [-0.15, -0.1) is 0 Å². The molecule has 12 heteroatoms. The fraction of sp³-hybridized carbons (Fsp3) is 0.172. The maximum absolute atomic E-state index is 14.4. The number of halogens is 10. The summed E-state index contributed by atoms with van der Waals surface area (Å²) in [4.78, 5) is 0. The number of allylic oxidation sites excluding steroid dienone is 2. The summed E-state index contributed by atoms with van der Waals surface area (Å²) in [5.41, 5.74) is -3.30. The predicted molar refractivity (Wildman–Crippen MR) is 133 cm³/mol. The molecular formula is C29H22BF10Ta-. The fourth-order valence-corrected chi connectivity index (χ4v) is 3.68. The Morgan fingerprint density at radius 2 is 0.732 bits per heavy atom. The first kappa shape index (κ1) is 37.3. The molecule has 2 aromatic rings. The smallest absolute Gasteiger partial charge is 0.226 e. The van der Waals surface area contributed by atoms with Crippen molar-refractivity contribution < 1.29 is 66.3 Å². The van der Waals surface area contributed by atoms with Crippen LogP contribution in [0.4, 0.5) is 43.9 Å². The minimum Gasteiger partial charge on any atom is -0.498 e. The van der Waals surface area contributed by atoms with Crippen LogP contribution in [0.2, 0.25) is 6.32 Å². The maximum atomic E-state index is 14.4. The standard InChI is InChI=1S/C19H12BF10.2C5H5.Ta/c1-3-5-7(4-2)6-20(8-10(21)14(25)18(29)15(26)11(8)22)9-12(23)16(27)19(30)17(28)13(9)24;2*1-2-4-5-3-1;/h3-4,6H2,1-2H3;2*1-5H;/q-1;;;. The van der Waals surface area contributed by atoms with Crippen LogP contribution in [0.5, 0.6) is 0 Å². The molecule has 0 heterocycles. The van der Waals surface area contributed by atoms with E-state index in [0.717, 1.165) is 0 Å². The molecule has 0 atom stereocenters. The topological polar surface area (TPSA) is 0 Å². The summed E-state index contributed by atoms with van der Waals surface area (Å²) in [6.45, 7) is 0.654. The van der Waals surface area contributed by atoms with Crippen LogP contribution in [0.1, 0.15) is 26.7 Å². The van der Waals surface area contributed by atoms with Crippen molar-refractivity contribution in [1.29, 1.82) is 0 Å². The van der Waals surface area contributed by atoms with Gasteiger partial charge in [0.25, 0.3) is 0 Å². The third-order valence-electron chi connectivity index (χ3n) is 5.60. The fourth-order valence-electron chi connectivity index (χ4n) is 3.68. The molecule has 0 bridgehead atoms. The van der Waals surface area contributed by atoms with Gasteiger partial charge in [0.2, 0.25) is 6.71 Å². The molecule has 0 aromatic heterocycles. The average molecular weight is 752 g/mol. The molecule has 4 rings (SSSR count). The van der Waals surface area contributed by atoms with Gasteiger partial charge in [-0.25, -0.2) is 43.9 Å². The van der Waals surface area contributed by atoms with E-state index in [1.807, 2.05) is 64.2 Å². The van der Waals surface area contributed by atoms with Gasteiger partial charge in [0.15, 0.2) is 58.2 Å². The summed E-state index contributed by atoms with van der Waals surface area (Å²) in [5, 5.41) is 0. The van der Waals surface area contributed by atoms with Crippen molar-refractivity contribution in [3.8, 4) is 0 Å². The largest absolute Gasteiger partial charge is 0.498 e. The van der Waals surface area contributed by atoms with Crippen LogP contribution in [0.3, 0.4) is 0 Å². The number of hydrogen-bond acceptors (Lipinski definition) is 0. The Hall–Kier alpha value is -1.71. The molecule has 0 N–H and O–H groups in total. The van der Waals surface area contributed by atoms with Crippen LogP contribution in [-0.2, 0) is 22.4 Å². The molecule has 0 unspecified atom stereocenters. The van der Waals surface area contributed by atoms with E-state index < -0.39 is 82.1 Å². The molecule has 0 aliphatic heterocycles.